The molecule has 1 fully saturated rings. The SMILES string of the molecule is CCc1cccc(CNC[C@@H](O)[C@H](Cc2cc(F)cc(F)c2)NC(=O)c2cc(C)cc(C(=O)N(CC)C(=O)C3CCN(CC)CC3)c2)c1. The van der Waals surface area contributed by atoms with Crippen molar-refractivity contribution in [3.8, 4) is 0 Å². The number of benzene rings is 3. The van der Waals surface area contributed by atoms with Gasteiger partial charge in [-0.15, -0.1) is 0 Å². The van der Waals surface area contributed by atoms with E-state index in [4.69, 9.17) is 0 Å². The molecule has 1 aliphatic rings. The van der Waals surface area contributed by atoms with E-state index in [1.54, 1.807) is 26.0 Å². The molecule has 0 radical (unpaired) electrons. The molecular formula is C38H48F2N4O4. The standard InChI is InChI=1S/C38H48F2N4O4/c1-5-26-9-8-10-27(17-26)23-41-24-35(45)34(20-28-18-32(39)22-33(40)19-28)42-36(46)30-15-25(4)16-31(21-30)38(48)44(7-3)37(47)29-11-13-43(6-2)14-12-29/h8-10,15-19,21-22,29,34-35,41,45H,5-7,11-14,20,23-24H2,1-4H3,(H,42,46)/t34-,35+/m0/s1. The van der Waals surface area contributed by atoms with Crippen molar-refractivity contribution in [1.82, 2.24) is 20.4 Å². The fraction of sp³-hybridized carbons (Fsp3) is 0.447. The predicted octanol–water partition coefficient (Wildman–Crippen LogP) is 5.05. The molecule has 3 N–H and O–H groups in total. The van der Waals surface area contributed by atoms with Gasteiger partial charge in [0.15, 0.2) is 0 Å². The Morgan fingerprint density at radius 3 is 2.23 bits per heavy atom. The van der Waals surface area contributed by atoms with Gasteiger partial charge in [0, 0.05) is 42.7 Å². The number of piperidine rings is 1. The molecular weight excluding hydrogens is 614 g/mol. The maximum Gasteiger partial charge on any atom is 0.260 e. The highest BCUT2D eigenvalue weighted by molar-refractivity contribution is 6.07. The van der Waals surface area contributed by atoms with E-state index in [0.717, 1.165) is 37.7 Å². The Kier molecular flexibility index (Phi) is 13.4. The van der Waals surface area contributed by atoms with Gasteiger partial charge in [-0.25, -0.2) is 8.78 Å². The minimum Gasteiger partial charge on any atom is -0.390 e. The Morgan fingerprint density at radius 2 is 1.58 bits per heavy atom. The molecule has 0 spiro atoms. The third-order valence-corrected chi connectivity index (χ3v) is 9.04. The maximum absolute atomic E-state index is 14.1. The summed E-state index contributed by atoms with van der Waals surface area (Å²) in [5.41, 5.74) is 3.53. The highest BCUT2D eigenvalue weighted by Crippen LogP contribution is 2.22. The molecule has 0 unspecified atom stereocenters. The van der Waals surface area contributed by atoms with Gasteiger partial charge < -0.3 is 20.6 Å². The molecule has 4 rings (SSSR count). The number of rotatable bonds is 14. The fourth-order valence-electron chi connectivity index (χ4n) is 6.29. The van der Waals surface area contributed by atoms with E-state index in [9.17, 15) is 28.3 Å². The molecule has 10 heteroatoms. The molecule has 48 heavy (non-hydrogen) atoms. The summed E-state index contributed by atoms with van der Waals surface area (Å²) in [6.45, 7) is 11.0. The van der Waals surface area contributed by atoms with Crippen LogP contribution in [0.2, 0.25) is 0 Å². The van der Waals surface area contributed by atoms with Crippen LogP contribution in [-0.2, 0) is 24.2 Å². The van der Waals surface area contributed by atoms with Crippen LogP contribution in [0, 0.1) is 24.5 Å². The zero-order chi connectivity index (χ0) is 34.8. The van der Waals surface area contributed by atoms with Crippen LogP contribution >= 0.6 is 0 Å². The molecule has 0 aromatic heterocycles. The average Bonchev–Trinajstić information content (AvgIpc) is 3.07. The zero-order valence-electron chi connectivity index (χ0n) is 28.4. The van der Waals surface area contributed by atoms with Crippen molar-refractivity contribution < 1.29 is 28.3 Å². The van der Waals surface area contributed by atoms with Crippen molar-refractivity contribution in [3.63, 3.8) is 0 Å². The highest BCUT2D eigenvalue weighted by Gasteiger charge is 2.31. The van der Waals surface area contributed by atoms with Gasteiger partial charge in [0.1, 0.15) is 11.6 Å². The molecule has 0 bridgehead atoms. The molecule has 3 aromatic carbocycles. The van der Waals surface area contributed by atoms with E-state index in [1.165, 1.54) is 28.7 Å². The number of carbonyl (C=O) groups is 3. The summed E-state index contributed by atoms with van der Waals surface area (Å²) >= 11 is 0. The third-order valence-electron chi connectivity index (χ3n) is 9.04. The number of nitrogens with one attached hydrogen (secondary N) is 2. The minimum atomic E-state index is -1.12. The predicted molar refractivity (Wildman–Crippen MR) is 183 cm³/mol. The lowest BCUT2D eigenvalue weighted by atomic mass is 9.94. The Labute approximate surface area is 282 Å². The first-order chi connectivity index (χ1) is 23.0. The number of aliphatic hydroxyl groups is 1. The molecule has 258 valence electrons. The maximum atomic E-state index is 14.1. The fourth-order valence-corrected chi connectivity index (χ4v) is 6.29. The normalized spacial score (nSPS) is 15.1. The van der Waals surface area contributed by atoms with Crippen molar-refractivity contribution in [2.24, 2.45) is 5.92 Å². The number of hydrogen-bond donors (Lipinski definition) is 3. The Morgan fingerprint density at radius 1 is 0.917 bits per heavy atom. The number of imide groups is 1. The number of carbonyl (C=O) groups excluding carboxylic acids is 3. The van der Waals surface area contributed by atoms with E-state index >= 15 is 0 Å². The summed E-state index contributed by atoms with van der Waals surface area (Å²) in [5, 5.41) is 17.3. The molecule has 1 saturated heterocycles. The number of aliphatic hydroxyl groups excluding tert-OH is 1. The summed E-state index contributed by atoms with van der Waals surface area (Å²) in [4.78, 5) is 44.3. The number of nitrogens with zero attached hydrogens (tertiary/aromatic N) is 2. The highest BCUT2D eigenvalue weighted by atomic mass is 19.1. The van der Waals surface area contributed by atoms with Gasteiger partial charge >= 0.3 is 0 Å². The summed E-state index contributed by atoms with van der Waals surface area (Å²) in [6.07, 6.45) is 1.12. The first-order valence-electron chi connectivity index (χ1n) is 16.9. The molecule has 1 aliphatic heterocycles. The topological polar surface area (TPSA) is 102 Å². The largest absolute Gasteiger partial charge is 0.390 e. The summed E-state index contributed by atoms with van der Waals surface area (Å²) in [6, 6.07) is 15.0. The van der Waals surface area contributed by atoms with Crippen LogP contribution in [-0.4, -0.2) is 77.5 Å². The molecule has 3 aromatic rings. The van der Waals surface area contributed by atoms with Crippen LogP contribution < -0.4 is 10.6 Å². The van der Waals surface area contributed by atoms with Crippen LogP contribution in [0.1, 0.15) is 76.6 Å². The van der Waals surface area contributed by atoms with Gasteiger partial charge in [-0.3, -0.25) is 19.3 Å². The Bertz CT molecular complexity index is 1550. The average molecular weight is 663 g/mol. The lowest BCUT2D eigenvalue weighted by Crippen LogP contribution is -2.48. The number of likely N-dealkylation sites (tertiary alicyclic amines) is 1. The van der Waals surface area contributed by atoms with E-state index in [1.807, 2.05) is 18.2 Å². The molecule has 2 atom stereocenters. The second-order valence-electron chi connectivity index (χ2n) is 12.6. The smallest absolute Gasteiger partial charge is 0.260 e. The van der Waals surface area contributed by atoms with Crippen LogP contribution in [0.4, 0.5) is 8.78 Å². The Hall–Kier alpha value is -3.99. The van der Waals surface area contributed by atoms with Crippen molar-refractivity contribution >= 4 is 17.7 Å². The number of hydrogen-bond acceptors (Lipinski definition) is 6. The van der Waals surface area contributed by atoms with Gasteiger partial charge in [0.05, 0.1) is 12.1 Å². The third kappa shape index (κ3) is 10.0. The quantitative estimate of drug-likeness (QED) is 0.209. The molecule has 0 aliphatic carbocycles. The van der Waals surface area contributed by atoms with E-state index in [2.05, 4.69) is 35.4 Å². The summed E-state index contributed by atoms with van der Waals surface area (Å²) in [7, 11) is 0. The van der Waals surface area contributed by atoms with E-state index < -0.39 is 35.6 Å². The van der Waals surface area contributed by atoms with Crippen molar-refractivity contribution in [1.29, 1.82) is 0 Å². The van der Waals surface area contributed by atoms with Crippen molar-refractivity contribution in [3.05, 3.63) is 106 Å². The lowest BCUT2D eigenvalue weighted by molar-refractivity contribution is -0.134. The van der Waals surface area contributed by atoms with Gasteiger partial charge in [-0.2, -0.15) is 0 Å². The van der Waals surface area contributed by atoms with Crippen LogP contribution in [0.25, 0.3) is 0 Å². The first kappa shape index (κ1) is 36.8. The minimum absolute atomic E-state index is 0.0405. The van der Waals surface area contributed by atoms with Gasteiger partial charge in [-0.05, 0) is 112 Å². The van der Waals surface area contributed by atoms with Crippen LogP contribution in [0.3, 0.4) is 0 Å². The van der Waals surface area contributed by atoms with Crippen molar-refractivity contribution in [2.75, 3.05) is 32.7 Å². The zero-order valence-corrected chi connectivity index (χ0v) is 28.4. The Balaban J connectivity index is 1.50. The number of aryl methyl sites for hydroxylation is 2. The van der Waals surface area contributed by atoms with Crippen molar-refractivity contribution in [2.45, 2.75) is 72.1 Å². The van der Waals surface area contributed by atoms with E-state index in [0.29, 0.717) is 24.9 Å². The number of halogens is 2. The van der Waals surface area contributed by atoms with Gasteiger partial charge in [0.2, 0.25) is 5.91 Å². The molecule has 0 saturated carbocycles. The summed E-state index contributed by atoms with van der Waals surface area (Å²) in [5.74, 6) is -2.99. The molecule has 1 heterocycles. The van der Waals surface area contributed by atoms with Crippen LogP contribution in [0.5, 0.6) is 0 Å². The lowest BCUT2D eigenvalue weighted by Gasteiger charge is -2.32. The van der Waals surface area contributed by atoms with Gasteiger partial charge in [-0.1, -0.05) is 38.1 Å². The van der Waals surface area contributed by atoms with E-state index in [-0.39, 0.29) is 48.0 Å². The van der Waals surface area contributed by atoms with Gasteiger partial charge in [0.25, 0.3) is 11.8 Å². The monoisotopic (exact) mass is 662 g/mol. The van der Waals surface area contributed by atoms with Crippen LogP contribution in [0.15, 0.2) is 60.7 Å². The molecule has 8 nitrogen and oxygen atoms in total. The first-order valence-corrected chi connectivity index (χ1v) is 16.9. The molecule has 3 amide bonds. The summed E-state index contributed by atoms with van der Waals surface area (Å²) < 4.78 is 28.1. The second kappa shape index (κ2) is 17.4. The number of amides is 3. The second-order valence-corrected chi connectivity index (χ2v) is 12.6.